The van der Waals surface area contributed by atoms with Crippen LogP contribution in [0.3, 0.4) is 0 Å². The maximum absolute atomic E-state index is 11.5. The Morgan fingerprint density at radius 1 is 1.69 bits per heavy atom. The molecule has 0 aliphatic heterocycles. The molecule has 1 rings (SSSR count). The van der Waals surface area contributed by atoms with Crippen molar-refractivity contribution in [1.82, 2.24) is 14.9 Å². The van der Waals surface area contributed by atoms with Crippen LogP contribution in [0.25, 0.3) is 0 Å². The summed E-state index contributed by atoms with van der Waals surface area (Å²) in [5, 5.41) is 2.72. The highest BCUT2D eigenvalue weighted by Gasteiger charge is 2.06. The van der Waals surface area contributed by atoms with Crippen LogP contribution in [0, 0.1) is 0 Å². The van der Waals surface area contributed by atoms with E-state index in [1.54, 1.807) is 17.1 Å². The van der Waals surface area contributed by atoms with E-state index in [2.05, 4.69) is 16.9 Å². The Morgan fingerprint density at radius 2 is 2.44 bits per heavy atom. The van der Waals surface area contributed by atoms with E-state index in [-0.39, 0.29) is 5.91 Å². The van der Waals surface area contributed by atoms with Crippen molar-refractivity contribution in [2.24, 2.45) is 7.05 Å². The molecule has 0 saturated heterocycles. The first-order valence-electron chi connectivity index (χ1n) is 5.08. The van der Waals surface area contributed by atoms with Crippen LogP contribution in [0.2, 0.25) is 0 Å². The number of hydrogen-bond donors (Lipinski definition) is 1. The summed E-state index contributed by atoms with van der Waals surface area (Å²) in [5.74, 6) is -0.181. The lowest BCUT2D eigenvalue weighted by Crippen LogP contribution is -2.27. The molecular weight excluding hydrogens is 206 g/mol. The Kier molecular flexibility index (Phi) is 4.72. The summed E-state index contributed by atoms with van der Waals surface area (Å²) in [6, 6.07) is 0. The van der Waals surface area contributed by atoms with E-state index in [1.165, 1.54) is 0 Å². The third-order valence-corrected chi connectivity index (χ3v) is 1.82. The van der Waals surface area contributed by atoms with Crippen LogP contribution < -0.4 is 5.32 Å². The lowest BCUT2D eigenvalue weighted by molar-refractivity contribution is 0.0922. The van der Waals surface area contributed by atoms with Crippen molar-refractivity contribution < 1.29 is 9.53 Å². The Hall–Kier alpha value is -1.62. The van der Waals surface area contributed by atoms with Crippen molar-refractivity contribution in [3.05, 3.63) is 30.4 Å². The molecule has 5 heteroatoms. The molecule has 0 aromatic carbocycles. The molecule has 0 saturated carbocycles. The topological polar surface area (TPSA) is 56.1 Å². The van der Waals surface area contributed by atoms with Crippen LogP contribution in [0.15, 0.2) is 24.7 Å². The molecule has 0 bridgehead atoms. The van der Waals surface area contributed by atoms with Gasteiger partial charge in [0.15, 0.2) is 0 Å². The van der Waals surface area contributed by atoms with E-state index in [1.807, 2.05) is 14.0 Å². The quantitative estimate of drug-likeness (QED) is 0.571. The SMILES string of the molecule is C=C(C)COCCNC(=O)c1cn(C)cn1. The van der Waals surface area contributed by atoms with Gasteiger partial charge in [0.25, 0.3) is 5.91 Å². The summed E-state index contributed by atoms with van der Waals surface area (Å²) in [4.78, 5) is 15.4. The van der Waals surface area contributed by atoms with Gasteiger partial charge in [-0.2, -0.15) is 0 Å². The minimum absolute atomic E-state index is 0.181. The Morgan fingerprint density at radius 3 is 3.00 bits per heavy atom. The van der Waals surface area contributed by atoms with Crippen LogP contribution in [-0.4, -0.2) is 35.2 Å². The summed E-state index contributed by atoms with van der Waals surface area (Å²) in [5.41, 5.74) is 1.39. The summed E-state index contributed by atoms with van der Waals surface area (Å²) in [7, 11) is 1.82. The first-order valence-corrected chi connectivity index (χ1v) is 5.08. The summed E-state index contributed by atoms with van der Waals surface area (Å²) < 4.78 is 6.98. The normalized spacial score (nSPS) is 10.1. The molecule has 16 heavy (non-hydrogen) atoms. The van der Waals surface area contributed by atoms with Crippen molar-refractivity contribution >= 4 is 5.91 Å². The minimum Gasteiger partial charge on any atom is -0.375 e. The van der Waals surface area contributed by atoms with Crippen LogP contribution in [0.5, 0.6) is 0 Å². The van der Waals surface area contributed by atoms with Gasteiger partial charge in [0.05, 0.1) is 19.5 Å². The molecular formula is C11H17N3O2. The molecule has 88 valence electrons. The number of carbonyl (C=O) groups excluding carboxylic acids is 1. The highest BCUT2D eigenvalue weighted by Crippen LogP contribution is 1.93. The van der Waals surface area contributed by atoms with Crippen molar-refractivity contribution in [2.75, 3.05) is 19.8 Å². The molecule has 0 radical (unpaired) electrons. The Balaban J connectivity index is 2.18. The van der Waals surface area contributed by atoms with E-state index in [4.69, 9.17) is 4.74 Å². The molecule has 1 heterocycles. The minimum atomic E-state index is -0.181. The smallest absolute Gasteiger partial charge is 0.271 e. The van der Waals surface area contributed by atoms with Gasteiger partial charge < -0.3 is 14.6 Å². The standard InChI is InChI=1S/C11H17N3O2/c1-9(2)7-16-5-4-12-11(15)10-6-14(3)8-13-10/h6,8H,1,4-5,7H2,2-3H3,(H,12,15). The van der Waals surface area contributed by atoms with E-state index >= 15 is 0 Å². The van der Waals surface area contributed by atoms with Gasteiger partial charge in [0, 0.05) is 19.8 Å². The van der Waals surface area contributed by atoms with Crippen molar-refractivity contribution in [1.29, 1.82) is 0 Å². The van der Waals surface area contributed by atoms with Gasteiger partial charge in [-0.3, -0.25) is 4.79 Å². The van der Waals surface area contributed by atoms with E-state index in [0.717, 1.165) is 5.57 Å². The molecule has 0 fully saturated rings. The predicted octanol–water partition coefficient (Wildman–Crippen LogP) is 0.743. The van der Waals surface area contributed by atoms with E-state index in [9.17, 15) is 4.79 Å². The predicted molar refractivity (Wildman–Crippen MR) is 61.2 cm³/mol. The monoisotopic (exact) mass is 223 g/mol. The molecule has 0 atom stereocenters. The number of rotatable bonds is 6. The molecule has 1 N–H and O–H groups in total. The highest BCUT2D eigenvalue weighted by molar-refractivity contribution is 5.91. The van der Waals surface area contributed by atoms with Crippen LogP contribution in [0.1, 0.15) is 17.4 Å². The third kappa shape index (κ3) is 4.27. The number of amides is 1. The lowest BCUT2D eigenvalue weighted by atomic mass is 10.4. The van der Waals surface area contributed by atoms with Gasteiger partial charge >= 0.3 is 0 Å². The molecule has 1 aromatic heterocycles. The Bertz CT molecular complexity index is 371. The lowest BCUT2D eigenvalue weighted by Gasteiger charge is -2.04. The molecule has 0 unspecified atom stereocenters. The number of nitrogens with one attached hydrogen (secondary N) is 1. The molecule has 0 aliphatic rings. The summed E-state index contributed by atoms with van der Waals surface area (Å²) in [6.45, 7) is 7.09. The van der Waals surface area contributed by atoms with E-state index in [0.29, 0.717) is 25.5 Å². The second kappa shape index (κ2) is 6.07. The maximum atomic E-state index is 11.5. The van der Waals surface area contributed by atoms with Crippen LogP contribution in [-0.2, 0) is 11.8 Å². The molecule has 1 amide bonds. The molecule has 1 aromatic rings. The zero-order chi connectivity index (χ0) is 12.0. The van der Waals surface area contributed by atoms with Crippen LogP contribution >= 0.6 is 0 Å². The second-order valence-corrected chi connectivity index (χ2v) is 3.69. The summed E-state index contributed by atoms with van der Waals surface area (Å²) >= 11 is 0. The highest BCUT2D eigenvalue weighted by atomic mass is 16.5. The molecule has 5 nitrogen and oxygen atoms in total. The number of hydrogen-bond acceptors (Lipinski definition) is 3. The Labute approximate surface area is 95.1 Å². The number of aromatic nitrogens is 2. The number of carbonyl (C=O) groups is 1. The van der Waals surface area contributed by atoms with Crippen molar-refractivity contribution in [2.45, 2.75) is 6.92 Å². The third-order valence-electron chi connectivity index (χ3n) is 1.82. The number of imidazole rings is 1. The van der Waals surface area contributed by atoms with Crippen LogP contribution in [0.4, 0.5) is 0 Å². The number of aryl methyl sites for hydroxylation is 1. The molecule has 0 aliphatic carbocycles. The largest absolute Gasteiger partial charge is 0.375 e. The van der Waals surface area contributed by atoms with E-state index < -0.39 is 0 Å². The average molecular weight is 223 g/mol. The summed E-state index contributed by atoms with van der Waals surface area (Å²) in [6.07, 6.45) is 3.26. The van der Waals surface area contributed by atoms with Gasteiger partial charge in [-0.15, -0.1) is 0 Å². The van der Waals surface area contributed by atoms with Crippen molar-refractivity contribution in [3.8, 4) is 0 Å². The van der Waals surface area contributed by atoms with Gasteiger partial charge in [-0.1, -0.05) is 12.2 Å². The maximum Gasteiger partial charge on any atom is 0.271 e. The number of ether oxygens (including phenoxy) is 1. The fourth-order valence-corrected chi connectivity index (χ4v) is 1.10. The molecule has 0 spiro atoms. The first-order chi connectivity index (χ1) is 7.59. The zero-order valence-corrected chi connectivity index (χ0v) is 9.69. The van der Waals surface area contributed by atoms with Gasteiger partial charge in [-0.25, -0.2) is 4.98 Å². The van der Waals surface area contributed by atoms with Gasteiger partial charge in [-0.05, 0) is 6.92 Å². The van der Waals surface area contributed by atoms with Crippen molar-refractivity contribution in [3.63, 3.8) is 0 Å². The fraction of sp³-hybridized carbons (Fsp3) is 0.455. The first kappa shape index (κ1) is 12.4. The number of nitrogens with zero attached hydrogens (tertiary/aromatic N) is 2. The fourth-order valence-electron chi connectivity index (χ4n) is 1.10. The second-order valence-electron chi connectivity index (χ2n) is 3.69. The van der Waals surface area contributed by atoms with Gasteiger partial charge in [0.1, 0.15) is 5.69 Å². The zero-order valence-electron chi connectivity index (χ0n) is 9.69. The average Bonchev–Trinajstić information content (AvgIpc) is 2.63. The van der Waals surface area contributed by atoms with Gasteiger partial charge in [0.2, 0.25) is 0 Å².